The van der Waals surface area contributed by atoms with Crippen LogP contribution in [0.4, 0.5) is 0 Å². The third kappa shape index (κ3) is 1.14. The fraction of sp³-hybridized carbons (Fsp3) is 0.167. The highest BCUT2D eigenvalue weighted by Gasteiger charge is 2.22. The number of ether oxygens (including phenoxy) is 1. The van der Waals surface area contributed by atoms with Gasteiger partial charge in [-0.05, 0) is 0 Å². The fourth-order valence-corrected chi connectivity index (χ4v) is 0.829. The van der Waals surface area contributed by atoms with Crippen LogP contribution in [0.15, 0.2) is 17.4 Å². The summed E-state index contributed by atoms with van der Waals surface area (Å²) < 4.78 is 5.15. The first-order chi connectivity index (χ1) is 5.86. The average molecular weight is 166 g/mol. The Bertz CT molecular complexity index is 305. The van der Waals surface area contributed by atoms with E-state index in [4.69, 9.17) is 4.74 Å². The summed E-state index contributed by atoms with van der Waals surface area (Å²) in [6.07, 6.45) is 2.29. The van der Waals surface area contributed by atoms with E-state index in [1.807, 2.05) is 0 Å². The van der Waals surface area contributed by atoms with Gasteiger partial charge in [0.25, 0.3) is 5.91 Å². The number of H-pyrrole nitrogens is 1. The summed E-state index contributed by atoms with van der Waals surface area (Å²) in [5.41, 5.74) is 2.25. The summed E-state index contributed by atoms with van der Waals surface area (Å²) in [5.74, 6) is 0.174. The van der Waals surface area contributed by atoms with Gasteiger partial charge in [-0.2, -0.15) is 10.2 Å². The first kappa shape index (κ1) is 6.84. The van der Waals surface area contributed by atoms with Crippen molar-refractivity contribution >= 4 is 12.1 Å². The zero-order valence-electron chi connectivity index (χ0n) is 6.02. The normalized spacial score (nSPS) is 21.0. The Morgan fingerprint density at radius 3 is 3.08 bits per heavy atom. The zero-order valence-corrected chi connectivity index (χ0v) is 6.02. The number of amides is 1. The molecule has 0 spiro atoms. The number of aromatic amines is 1. The van der Waals surface area contributed by atoms with Gasteiger partial charge in [0.2, 0.25) is 12.0 Å². The van der Waals surface area contributed by atoms with Gasteiger partial charge in [-0.15, -0.1) is 0 Å². The van der Waals surface area contributed by atoms with E-state index in [1.54, 1.807) is 12.3 Å². The molecule has 6 heteroatoms. The van der Waals surface area contributed by atoms with E-state index in [2.05, 4.69) is 20.7 Å². The highest BCUT2D eigenvalue weighted by atomic mass is 16.5. The molecule has 0 saturated heterocycles. The number of carbonyl (C=O) groups excluding carboxylic acids is 1. The van der Waals surface area contributed by atoms with E-state index in [1.165, 1.54) is 6.21 Å². The smallest absolute Gasteiger partial charge is 0.286 e. The van der Waals surface area contributed by atoms with Crippen molar-refractivity contribution in [2.45, 2.75) is 6.10 Å². The van der Waals surface area contributed by atoms with Gasteiger partial charge in [0, 0.05) is 6.07 Å². The first-order valence-corrected chi connectivity index (χ1v) is 3.35. The van der Waals surface area contributed by atoms with Crippen molar-refractivity contribution in [1.82, 2.24) is 15.6 Å². The number of nitrogens with one attached hydrogen (secondary N) is 2. The van der Waals surface area contributed by atoms with E-state index in [0.717, 1.165) is 0 Å². The van der Waals surface area contributed by atoms with Gasteiger partial charge in [-0.25, -0.2) is 10.5 Å². The predicted octanol–water partition coefficient (Wildman–Crippen LogP) is -0.727. The number of carbonyl (C=O) groups is 1. The van der Waals surface area contributed by atoms with Crippen LogP contribution in [-0.4, -0.2) is 28.4 Å². The molecule has 1 amide bonds. The van der Waals surface area contributed by atoms with Crippen molar-refractivity contribution in [3.8, 4) is 5.88 Å². The van der Waals surface area contributed by atoms with Gasteiger partial charge in [-0.1, -0.05) is 0 Å². The molecule has 0 aliphatic carbocycles. The summed E-state index contributed by atoms with van der Waals surface area (Å²) in [6.45, 7) is 0. The Labute approximate surface area is 67.6 Å². The molecule has 2 N–H and O–H groups in total. The van der Waals surface area contributed by atoms with Gasteiger partial charge in [0.05, 0.1) is 12.4 Å². The predicted molar refractivity (Wildman–Crippen MR) is 39.6 cm³/mol. The maximum atomic E-state index is 10.9. The van der Waals surface area contributed by atoms with Gasteiger partial charge in [0.15, 0.2) is 0 Å². The first-order valence-electron chi connectivity index (χ1n) is 3.35. The number of rotatable bonds is 2. The van der Waals surface area contributed by atoms with Crippen molar-refractivity contribution in [2.75, 3.05) is 0 Å². The van der Waals surface area contributed by atoms with Crippen molar-refractivity contribution in [3.05, 3.63) is 12.3 Å². The van der Waals surface area contributed by atoms with Gasteiger partial charge < -0.3 is 4.74 Å². The van der Waals surface area contributed by atoms with Crippen LogP contribution in [0.5, 0.6) is 5.88 Å². The maximum absolute atomic E-state index is 10.9. The van der Waals surface area contributed by atoms with Crippen LogP contribution >= 0.6 is 0 Å². The molecular weight excluding hydrogens is 160 g/mol. The fourth-order valence-electron chi connectivity index (χ4n) is 0.829. The molecule has 62 valence electrons. The topological polar surface area (TPSA) is 79.4 Å². The summed E-state index contributed by atoms with van der Waals surface area (Å²) in [7, 11) is 0. The van der Waals surface area contributed by atoms with E-state index in [9.17, 15) is 4.79 Å². The minimum Gasteiger partial charge on any atom is -0.458 e. The molecule has 0 fully saturated rings. The van der Waals surface area contributed by atoms with Crippen molar-refractivity contribution in [3.63, 3.8) is 0 Å². The third-order valence-corrected chi connectivity index (χ3v) is 1.37. The minimum absolute atomic E-state index is 0.274. The highest BCUT2D eigenvalue weighted by Crippen LogP contribution is 2.06. The standard InChI is InChI=1S/C6H6N4O2/c11-6-4(3-8-10-6)12-5-1-2-7-9-5/h1-4H,(H,7,9)(H,10,11). The largest absolute Gasteiger partial charge is 0.458 e. The third-order valence-electron chi connectivity index (χ3n) is 1.37. The summed E-state index contributed by atoms with van der Waals surface area (Å²) >= 11 is 0. The second-order valence-electron chi connectivity index (χ2n) is 2.21. The number of aromatic nitrogens is 2. The van der Waals surface area contributed by atoms with Gasteiger partial charge in [-0.3, -0.25) is 4.79 Å². The Kier molecular flexibility index (Phi) is 1.51. The van der Waals surface area contributed by atoms with Crippen LogP contribution in [0.1, 0.15) is 0 Å². The van der Waals surface area contributed by atoms with Crippen LogP contribution in [0, 0.1) is 0 Å². The van der Waals surface area contributed by atoms with E-state index in [0.29, 0.717) is 5.88 Å². The second kappa shape index (κ2) is 2.65. The second-order valence-corrected chi connectivity index (χ2v) is 2.21. The Morgan fingerprint density at radius 1 is 1.58 bits per heavy atom. The molecule has 0 bridgehead atoms. The summed E-state index contributed by atoms with van der Waals surface area (Å²) in [4.78, 5) is 10.9. The molecular formula is C6H6N4O2. The van der Waals surface area contributed by atoms with Gasteiger partial charge in [0.1, 0.15) is 0 Å². The molecule has 0 aromatic carbocycles. The van der Waals surface area contributed by atoms with Crippen LogP contribution in [0.3, 0.4) is 0 Å². The molecule has 1 unspecified atom stereocenters. The van der Waals surface area contributed by atoms with Crippen LogP contribution in [0.2, 0.25) is 0 Å². The molecule has 0 radical (unpaired) electrons. The van der Waals surface area contributed by atoms with E-state index < -0.39 is 6.10 Å². The Hall–Kier alpha value is -1.85. The average Bonchev–Trinajstić information content (AvgIpc) is 2.65. The monoisotopic (exact) mass is 166 g/mol. The van der Waals surface area contributed by atoms with Crippen LogP contribution in [0.25, 0.3) is 0 Å². The molecule has 1 aromatic heterocycles. The summed E-state index contributed by atoms with van der Waals surface area (Å²) in [6, 6.07) is 1.62. The lowest BCUT2D eigenvalue weighted by molar-refractivity contribution is -0.124. The molecule has 12 heavy (non-hydrogen) atoms. The molecule has 6 nitrogen and oxygen atoms in total. The van der Waals surface area contributed by atoms with Crippen LogP contribution in [-0.2, 0) is 4.79 Å². The maximum Gasteiger partial charge on any atom is 0.286 e. The number of hydrogen-bond acceptors (Lipinski definition) is 4. The molecule has 1 aliphatic heterocycles. The molecule has 1 aliphatic rings. The number of nitrogens with zero attached hydrogens (tertiary/aromatic N) is 2. The zero-order chi connectivity index (χ0) is 8.39. The highest BCUT2D eigenvalue weighted by molar-refractivity contribution is 6.00. The van der Waals surface area contributed by atoms with Crippen molar-refractivity contribution in [2.24, 2.45) is 5.10 Å². The molecule has 2 rings (SSSR count). The molecule has 0 saturated carbocycles. The van der Waals surface area contributed by atoms with Crippen molar-refractivity contribution in [1.29, 1.82) is 0 Å². The lowest BCUT2D eigenvalue weighted by atomic mass is 10.4. The SMILES string of the molecule is O=C1NN=CC1Oc1ccn[nH]1. The quantitative estimate of drug-likeness (QED) is 0.608. The van der Waals surface area contributed by atoms with E-state index in [-0.39, 0.29) is 5.91 Å². The molecule has 1 aromatic rings. The lowest BCUT2D eigenvalue weighted by Crippen LogP contribution is -2.30. The Morgan fingerprint density at radius 2 is 2.50 bits per heavy atom. The summed E-state index contributed by atoms with van der Waals surface area (Å²) in [5, 5.41) is 9.78. The van der Waals surface area contributed by atoms with E-state index >= 15 is 0 Å². The Balaban J connectivity index is 2.04. The number of hydrogen-bond donors (Lipinski definition) is 2. The molecule has 2 heterocycles. The van der Waals surface area contributed by atoms with Gasteiger partial charge >= 0.3 is 0 Å². The number of hydrazone groups is 1. The molecule has 1 atom stereocenters. The minimum atomic E-state index is -0.648. The van der Waals surface area contributed by atoms with Crippen LogP contribution < -0.4 is 10.2 Å². The lowest BCUT2D eigenvalue weighted by Gasteiger charge is -2.04. The van der Waals surface area contributed by atoms with Crippen molar-refractivity contribution < 1.29 is 9.53 Å².